The first-order valence-electron chi connectivity index (χ1n) is 11.5. The normalized spacial score (nSPS) is 17.9. The lowest BCUT2D eigenvalue weighted by Crippen LogP contribution is -2.37. The highest BCUT2D eigenvalue weighted by Gasteiger charge is 2.27. The number of carbonyl (C=O) groups excluding carboxylic acids is 1. The van der Waals surface area contributed by atoms with Crippen LogP contribution >= 0.6 is 0 Å². The molecule has 0 N–H and O–H groups in total. The zero-order valence-corrected chi connectivity index (χ0v) is 19.3. The number of benzene rings is 2. The Hall–Kier alpha value is -3.36. The smallest absolute Gasteiger partial charge is 0.338 e. The molecular formula is C26H27NO7. The van der Waals surface area contributed by atoms with Crippen LogP contribution in [0.4, 0.5) is 0 Å². The highest BCUT2D eigenvalue weighted by atomic mass is 16.5. The highest BCUT2D eigenvalue weighted by molar-refractivity contribution is 5.89. The molecule has 34 heavy (non-hydrogen) atoms. The lowest BCUT2D eigenvalue weighted by atomic mass is 10.1. The van der Waals surface area contributed by atoms with Crippen molar-refractivity contribution in [2.24, 2.45) is 0 Å². The number of fused-ring (bicyclic) bond motifs is 3. The lowest BCUT2D eigenvalue weighted by molar-refractivity contribution is 0.0281. The van der Waals surface area contributed by atoms with Crippen molar-refractivity contribution < 1.29 is 28.2 Å². The van der Waals surface area contributed by atoms with Gasteiger partial charge < -0.3 is 23.4 Å². The third kappa shape index (κ3) is 4.38. The zero-order chi connectivity index (χ0) is 23.7. The van der Waals surface area contributed by atoms with Gasteiger partial charge in [-0.2, -0.15) is 0 Å². The van der Waals surface area contributed by atoms with Gasteiger partial charge in [0.1, 0.15) is 29.6 Å². The van der Waals surface area contributed by atoms with Gasteiger partial charge in [-0.1, -0.05) is 0 Å². The van der Waals surface area contributed by atoms with Gasteiger partial charge in [-0.15, -0.1) is 0 Å². The van der Waals surface area contributed by atoms with Crippen molar-refractivity contribution in [3.05, 3.63) is 63.5 Å². The van der Waals surface area contributed by atoms with Crippen molar-refractivity contribution in [3.63, 3.8) is 0 Å². The summed E-state index contributed by atoms with van der Waals surface area (Å²) in [6.07, 6.45) is 2.35. The fourth-order valence-corrected chi connectivity index (χ4v) is 4.40. The fraction of sp³-hybridized carbons (Fsp3) is 0.385. The molecule has 0 bridgehead atoms. The summed E-state index contributed by atoms with van der Waals surface area (Å²) in [6.45, 7) is 6.44. The molecule has 3 aromatic rings. The number of hydrogen-bond acceptors (Lipinski definition) is 8. The third-order valence-electron chi connectivity index (χ3n) is 6.10. The van der Waals surface area contributed by atoms with Gasteiger partial charge >= 0.3 is 5.97 Å². The van der Waals surface area contributed by atoms with Gasteiger partial charge in [0.2, 0.25) is 11.2 Å². The van der Waals surface area contributed by atoms with Crippen LogP contribution in [0.2, 0.25) is 0 Å². The van der Waals surface area contributed by atoms with Gasteiger partial charge in [-0.25, -0.2) is 4.79 Å². The minimum absolute atomic E-state index is 0.115. The van der Waals surface area contributed by atoms with Crippen LogP contribution in [0.1, 0.15) is 41.4 Å². The van der Waals surface area contributed by atoms with E-state index in [1.54, 1.807) is 44.2 Å². The molecule has 1 fully saturated rings. The summed E-state index contributed by atoms with van der Waals surface area (Å²) in [5, 5.41) is 0.435. The largest absolute Gasteiger partial charge is 0.478 e. The zero-order valence-electron chi connectivity index (χ0n) is 19.3. The van der Waals surface area contributed by atoms with Gasteiger partial charge in [-0.3, -0.25) is 9.69 Å². The van der Waals surface area contributed by atoms with Gasteiger partial charge in [0.15, 0.2) is 0 Å². The molecule has 0 amide bonds. The average Bonchev–Trinajstić information content (AvgIpc) is 3.35. The number of carbonyl (C=O) groups is 1. The van der Waals surface area contributed by atoms with Crippen LogP contribution in [0, 0.1) is 6.92 Å². The van der Waals surface area contributed by atoms with E-state index in [2.05, 4.69) is 4.90 Å². The SMILES string of the molecule is CCOC(=O)c1ccc(Oc2c(C)oc3c4c(ccc3c2=O)OCN(CC2CCCO2)C4)cc1. The maximum Gasteiger partial charge on any atom is 0.338 e. The van der Waals surface area contributed by atoms with Crippen molar-refractivity contribution in [2.75, 3.05) is 26.5 Å². The number of ether oxygens (including phenoxy) is 4. The highest BCUT2D eigenvalue weighted by Crippen LogP contribution is 2.34. The fourth-order valence-electron chi connectivity index (χ4n) is 4.40. The van der Waals surface area contributed by atoms with E-state index >= 15 is 0 Å². The van der Waals surface area contributed by atoms with E-state index in [9.17, 15) is 9.59 Å². The summed E-state index contributed by atoms with van der Waals surface area (Å²) in [6, 6.07) is 9.97. The Kier molecular flexibility index (Phi) is 6.26. The van der Waals surface area contributed by atoms with Crippen LogP contribution < -0.4 is 14.9 Å². The van der Waals surface area contributed by atoms with Crippen LogP contribution in [-0.4, -0.2) is 43.5 Å². The molecule has 0 radical (unpaired) electrons. The first-order chi connectivity index (χ1) is 16.5. The van der Waals surface area contributed by atoms with Crippen molar-refractivity contribution >= 4 is 16.9 Å². The minimum atomic E-state index is -0.407. The second-order valence-corrected chi connectivity index (χ2v) is 8.50. The molecular weight excluding hydrogens is 438 g/mol. The number of rotatable bonds is 6. The Morgan fingerprint density at radius 1 is 1.18 bits per heavy atom. The Balaban J connectivity index is 1.42. The third-order valence-corrected chi connectivity index (χ3v) is 6.10. The van der Waals surface area contributed by atoms with E-state index in [0.29, 0.717) is 47.9 Å². The van der Waals surface area contributed by atoms with Gasteiger partial charge in [-0.05, 0) is 63.1 Å². The summed E-state index contributed by atoms with van der Waals surface area (Å²) < 4.78 is 28.7. The Morgan fingerprint density at radius 2 is 2.00 bits per heavy atom. The summed E-state index contributed by atoms with van der Waals surface area (Å²) in [5.74, 6) is 1.23. The monoisotopic (exact) mass is 465 g/mol. The first-order valence-corrected chi connectivity index (χ1v) is 11.5. The summed E-state index contributed by atoms with van der Waals surface area (Å²) >= 11 is 0. The summed E-state index contributed by atoms with van der Waals surface area (Å²) in [7, 11) is 0. The van der Waals surface area contributed by atoms with E-state index < -0.39 is 5.97 Å². The molecule has 2 aromatic carbocycles. The number of esters is 1. The molecule has 0 spiro atoms. The van der Waals surface area contributed by atoms with E-state index in [1.807, 2.05) is 6.07 Å². The topological polar surface area (TPSA) is 87.4 Å². The summed E-state index contributed by atoms with van der Waals surface area (Å²) in [5.41, 5.74) is 1.53. The van der Waals surface area contributed by atoms with Crippen LogP contribution in [-0.2, 0) is 16.0 Å². The molecule has 178 valence electrons. The van der Waals surface area contributed by atoms with Crippen molar-refractivity contribution in [3.8, 4) is 17.2 Å². The molecule has 1 atom stereocenters. The predicted molar refractivity (Wildman–Crippen MR) is 125 cm³/mol. The van der Waals surface area contributed by atoms with Crippen molar-refractivity contribution in [2.45, 2.75) is 39.3 Å². The maximum absolute atomic E-state index is 13.3. The van der Waals surface area contributed by atoms with E-state index in [4.69, 9.17) is 23.4 Å². The maximum atomic E-state index is 13.3. The molecule has 1 unspecified atom stereocenters. The quantitative estimate of drug-likeness (QED) is 0.495. The van der Waals surface area contributed by atoms with Gasteiger partial charge in [0.25, 0.3) is 0 Å². The molecule has 8 heteroatoms. The van der Waals surface area contributed by atoms with Gasteiger partial charge in [0.05, 0.1) is 29.2 Å². The van der Waals surface area contributed by atoms with E-state index in [-0.39, 0.29) is 17.3 Å². The van der Waals surface area contributed by atoms with E-state index in [1.165, 1.54) is 0 Å². The van der Waals surface area contributed by atoms with E-state index in [0.717, 1.165) is 37.3 Å². The number of aryl methyl sites for hydroxylation is 1. The van der Waals surface area contributed by atoms with Crippen molar-refractivity contribution in [1.29, 1.82) is 0 Å². The molecule has 5 rings (SSSR count). The average molecular weight is 466 g/mol. The first kappa shape index (κ1) is 22.4. The molecule has 1 aromatic heterocycles. The van der Waals surface area contributed by atoms with Crippen LogP contribution in [0.25, 0.3) is 11.0 Å². The molecule has 8 nitrogen and oxygen atoms in total. The summed E-state index contributed by atoms with van der Waals surface area (Å²) in [4.78, 5) is 27.4. The van der Waals surface area contributed by atoms with Gasteiger partial charge in [0, 0.05) is 19.7 Å². The lowest BCUT2D eigenvalue weighted by Gasteiger charge is -2.30. The molecule has 0 aliphatic carbocycles. The Morgan fingerprint density at radius 3 is 2.74 bits per heavy atom. The van der Waals surface area contributed by atoms with Crippen LogP contribution in [0.5, 0.6) is 17.2 Å². The predicted octanol–water partition coefficient (Wildman–Crippen LogP) is 4.40. The number of hydrogen-bond donors (Lipinski definition) is 0. The molecule has 3 heterocycles. The second-order valence-electron chi connectivity index (χ2n) is 8.50. The Labute approximate surface area is 197 Å². The number of nitrogens with zero attached hydrogens (tertiary/aromatic N) is 1. The van der Waals surface area contributed by atoms with Crippen LogP contribution in [0.15, 0.2) is 45.6 Å². The second kappa shape index (κ2) is 9.48. The van der Waals surface area contributed by atoms with Crippen LogP contribution in [0.3, 0.4) is 0 Å². The standard InChI is InChI=1S/C26H27NO7/c1-3-30-26(29)17-6-8-18(9-7-17)34-24-16(2)33-25-20(23(24)28)10-11-22-21(25)14-27(15-32-22)13-19-5-4-12-31-19/h6-11,19H,3-5,12-15H2,1-2H3. The Bertz CT molecular complexity index is 1260. The van der Waals surface area contributed by atoms with Crippen molar-refractivity contribution in [1.82, 2.24) is 4.90 Å². The molecule has 0 saturated carbocycles. The minimum Gasteiger partial charge on any atom is -0.478 e. The molecule has 1 saturated heterocycles. The molecule has 2 aliphatic rings. The molecule has 2 aliphatic heterocycles.